The molecule has 2 aliphatic rings. The maximum absolute atomic E-state index is 12.3. The summed E-state index contributed by atoms with van der Waals surface area (Å²) in [5.41, 5.74) is 1.95. The van der Waals surface area contributed by atoms with Crippen LogP contribution in [0.25, 0.3) is 10.2 Å². The van der Waals surface area contributed by atoms with Crippen molar-refractivity contribution >= 4 is 48.3 Å². The van der Waals surface area contributed by atoms with Gasteiger partial charge in [-0.25, -0.2) is 13.4 Å². The Bertz CT molecular complexity index is 853. The first-order chi connectivity index (χ1) is 11.0. The fourth-order valence-corrected chi connectivity index (χ4v) is 5.99. The van der Waals surface area contributed by atoms with Gasteiger partial charge in [0.25, 0.3) is 0 Å². The average Bonchev–Trinajstić information content (AvgIpc) is 3.32. The maximum Gasteiger partial charge on any atom is 0.217 e. The minimum atomic E-state index is -3.06. The quantitative estimate of drug-likeness (QED) is 0.832. The summed E-state index contributed by atoms with van der Waals surface area (Å²) >= 11 is 7.81. The maximum atomic E-state index is 12.3. The van der Waals surface area contributed by atoms with E-state index in [0.717, 1.165) is 38.8 Å². The molecule has 0 radical (unpaired) electrons. The predicted molar refractivity (Wildman–Crippen MR) is 95.1 cm³/mol. The van der Waals surface area contributed by atoms with E-state index < -0.39 is 10.0 Å². The van der Waals surface area contributed by atoms with E-state index in [0.29, 0.717) is 26.2 Å². The van der Waals surface area contributed by atoms with Gasteiger partial charge in [0.1, 0.15) is 0 Å². The smallest absolute Gasteiger partial charge is 0.217 e. The first kappa shape index (κ1) is 15.6. The summed E-state index contributed by atoms with van der Waals surface area (Å²) in [6.45, 7) is 4.47. The third-order valence-corrected chi connectivity index (χ3v) is 8.44. The summed E-state index contributed by atoms with van der Waals surface area (Å²) < 4.78 is 27.4. The lowest BCUT2D eigenvalue weighted by Crippen LogP contribution is -2.49. The molecule has 124 valence electrons. The van der Waals surface area contributed by atoms with Crippen LogP contribution in [0.4, 0.5) is 5.13 Å². The second-order valence-corrected chi connectivity index (χ2v) is 9.78. The van der Waals surface area contributed by atoms with Crippen LogP contribution in [-0.2, 0) is 10.0 Å². The Kier molecular flexibility index (Phi) is 3.79. The zero-order chi connectivity index (χ0) is 16.2. The molecule has 0 bridgehead atoms. The molecule has 2 fully saturated rings. The Hall–Kier alpha value is -0.890. The molecular weight excluding hydrogens is 354 g/mol. The number of fused-ring (bicyclic) bond motifs is 1. The SMILES string of the molecule is Cc1c(Cl)ccc2sc(N3CCN(S(=O)(=O)C4CC4)CC3)nc12. The normalized spacial score (nSPS) is 20.3. The van der Waals surface area contributed by atoms with Crippen molar-refractivity contribution in [2.24, 2.45) is 0 Å². The molecule has 1 saturated heterocycles. The standard InChI is InChI=1S/C15H18ClN3O2S2/c1-10-12(16)4-5-13-14(10)17-15(22-13)18-6-8-19(9-7-18)23(20,21)11-2-3-11/h4-5,11H,2-3,6-9H2,1H3. The summed E-state index contributed by atoms with van der Waals surface area (Å²) in [6.07, 6.45) is 1.64. The van der Waals surface area contributed by atoms with E-state index in [1.165, 1.54) is 0 Å². The molecule has 0 N–H and O–H groups in total. The fourth-order valence-electron chi connectivity index (χ4n) is 2.93. The molecule has 1 aromatic carbocycles. The van der Waals surface area contributed by atoms with Crippen molar-refractivity contribution < 1.29 is 8.42 Å². The lowest BCUT2D eigenvalue weighted by atomic mass is 10.2. The van der Waals surface area contributed by atoms with Gasteiger partial charge in [-0.15, -0.1) is 0 Å². The molecule has 2 heterocycles. The Balaban J connectivity index is 1.53. The fraction of sp³-hybridized carbons (Fsp3) is 0.533. The first-order valence-electron chi connectivity index (χ1n) is 7.76. The molecule has 0 spiro atoms. The van der Waals surface area contributed by atoms with Crippen LogP contribution in [0, 0.1) is 6.92 Å². The van der Waals surface area contributed by atoms with Gasteiger partial charge < -0.3 is 4.90 Å². The van der Waals surface area contributed by atoms with Crippen molar-refractivity contribution in [1.82, 2.24) is 9.29 Å². The topological polar surface area (TPSA) is 53.5 Å². The number of nitrogens with zero attached hydrogens (tertiary/aromatic N) is 3. The minimum Gasteiger partial charge on any atom is -0.345 e. The highest BCUT2D eigenvalue weighted by molar-refractivity contribution is 7.90. The highest BCUT2D eigenvalue weighted by Crippen LogP contribution is 2.35. The molecule has 1 aromatic heterocycles. The van der Waals surface area contributed by atoms with Crippen molar-refractivity contribution in [2.75, 3.05) is 31.1 Å². The van der Waals surface area contributed by atoms with Crippen LogP contribution in [0.15, 0.2) is 12.1 Å². The molecule has 0 unspecified atom stereocenters. The molecule has 0 atom stereocenters. The average molecular weight is 372 g/mol. The van der Waals surface area contributed by atoms with E-state index >= 15 is 0 Å². The number of hydrogen-bond donors (Lipinski definition) is 0. The summed E-state index contributed by atoms with van der Waals surface area (Å²) in [7, 11) is -3.06. The van der Waals surface area contributed by atoms with Crippen LogP contribution in [-0.4, -0.2) is 49.1 Å². The Morgan fingerprint density at radius 2 is 1.91 bits per heavy atom. The minimum absolute atomic E-state index is 0.124. The van der Waals surface area contributed by atoms with Gasteiger partial charge in [-0.3, -0.25) is 0 Å². The van der Waals surface area contributed by atoms with Crippen LogP contribution in [0.2, 0.25) is 5.02 Å². The van der Waals surface area contributed by atoms with Gasteiger partial charge in [-0.2, -0.15) is 4.31 Å². The number of hydrogen-bond acceptors (Lipinski definition) is 5. The summed E-state index contributed by atoms with van der Waals surface area (Å²) in [5.74, 6) is 0. The molecule has 1 aliphatic heterocycles. The highest BCUT2D eigenvalue weighted by Gasteiger charge is 2.41. The number of rotatable bonds is 3. The van der Waals surface area contributed by atoms with Crippen LogP contribution in [0.3, 0.4) is 0 Å². The molecule has 0 amide bonds. The van der Waals surface area contributed by atoms with Gasteiger partial charge in [0.05, 0.1) is 15.5 Å². The van der Waals surface area contributed by atoms with E-state index in [1.807, 2.05) is 19.1 Å². The number of halogens is 1. The molecular formula is C15H18ClN3O2S2. The van der Waals surface area contributed by atoms with E-state index in [4.69, 9.17) is 16.6 Å². The highest BCUT2D eigenvalue weighted by atomic mass is 35.5. The van der Waals surface area contributed by atoms with Crippen molar-refractivity contribution in [3.63, 3.8) is 0 Å². The zero-order valence-corrected chi connectivity index (χ0v) is 15.2. The van der Waals surface area contributed by atoms with Crippen molar-refractivity contribution in [1.29, 1.82) is 0 Å². The van der Waals surface area contributed by atoms with Gasteiger partial charge in [-0.1, -0.05) is 22.9 Å². The number of sulfonamides is 1. The third-order valence-electron chi connectivity index (χ3n) is 4.55. The van der Waals surface area contributed by atoms with Gasteiger partial charge in [0.2, 0.25) is 10.0 Å². The molecule has 4 rings (SSSR count). The van der Waals surface area contributed by atoms with Crippen LogP contribution in [0.1, 0.15) is 18.4 Å². The molecule has 23 heavy (non-hydrogen) atoms. The van der Waals surface area contributed by atoms with Crippen LogP contribution < -0.4 is 4.90 Å². The van der Waals surface area contributed by atoms with Crippen LogP contribution >= 0.6 is 22.9 Å². The Morgan fingerprint density at radius 3 is 2.57 bits per heavy atom. The summed E-state index contributed by atoms with van der Waals surface area (Å²) in [6, 6.07) is 3.90. The lowest BCUT2D eigenvalue weighted by Gasteiger charge is -2.33. The third kappa shape index (κ3) is 2.73. The van der Waals surface area contributed by atoms with Gasteiger partial charge in [0.15, 0.2) is 5.13 Å². The molecule has 8 heteroatoms. The Labute approximate surface area is 144 Å². The monoisotopic (exact) mass is 371 g/mol. The number of benzene rings is 1. The van der Waals surface area contributed by atoms with E-state index in [1.54, 1.807) is 15.6 Å². The molecule has 5 nitrogen and oxygen atoms in total. The number of aryl methyl sites for hydroxylation is 1. The van der Waals surface area contributed by atoms with E-state index in [-0.39, 0.29) is 5.25 Å². The van der Waals surface area contributed by atoms with Crippen molar-refractivity contribution in [2.45, 2.75) is 25.0 Å². The van der Waals surface area contributed by atoms with Crippen LogP contribution in [0.5, 0.6) is 0 Å². The molecule has 1 aliphatic carbocycles. The first-order valence-corrected chi connectivity index (χ1v) is 10.5. The summed E-state index contributed by atoms with van der Waals surface area (Å²) in [4.78, 5) is 6.90. The molecule has 1 saturated carbocycles. The number of thiazole rings is 1. The number of anilines is 1. The van der Waals surface area contributed by atoms with E-state index in [9.17, 15) is 8.42 Å². The van der Waals surface area contributed by atoms with Crippen molar-refractivity contribution in [3.05, 3.63) is 22.7 Å². The molecule has 2 aromatic rings. The van der Waals surface area contributed by atoms with E-state index in [2.05, 4.69) is 4.90 Å². The second kappa shape index (κ2) is 5.58. The zero-order valence-electron chi connectivity index (χ0n) is 12.8. The van der Waals surface area contributed by atoms with Gasteiger partial charge in [-0.05, 0) is 37.5 Å². The second-order valence-electron chi connectivity index (χ2n) is 6.15. The predicted octanol–water partition coefficient (Wildman–Crippen LogP) is 2.87. The van der Waals surface area contributed by atoms with Crippen molar-refractivity contribution in [3.8, 4) is 0 Å². The summed E-state index contributed by atoms with van der Waals surface area (Å²) in [5, 5.41) is 1.56. The largest absolute Gasteiger partial charge is 0.345 e. The number of piperazine rings is 1. The van der Waals surface area contributed by atoms with Gasteiger partial charge in [0, 0.05) is 31.2 Å². The van der Waals surface area contributed by atoms with Gasteiger partial charge >= 0.3 is 0 Å². The number of aromatic nitrogens is 1. The lowest BCUT2D eigenvalue weighted by molar-refractivity contribution is 0.384. The Morgan fingerprint density at radius 1 is 1.22 bits per heavy atom.